The van der Waals surface area contributed by atoms with E-state index in [1.165, 1.54) is 37.5 Å². The topological polar surface area (TPSA) is 76.4 Å². The van der Waals surface area contributed by atoms with Crippen LogP contribution in [0.1, 0.15) is 17.8 Å². The number of imidazole rings is 1. The van der Waals surface area contributed by atoms with E-state index in [1.807, 2.05) is 0 Å². The third-order valence-corrected chi connectivity index (χ3v) is 4.54. The molecule has 0 fully saturated rings. The molecule has 2 N–H and O–H groups in total. The van der Waals surface area contributed by atoms with Gasteiger partial charge < -0.3 is 19.7 Å². The van der Waals surface area contributed by atoms with E-state index in [0.29, 0.717) is 17.1 Å². The fraction of sp³-hybridized carbons (Fsp3) is 0.238. The highest BCUT2D eigenvalue weighted by Crippen LogP contribution is 2.40. The molecule has 0 aliphatic heterocycles. The fourth-order valence-electron chi connectivity index (χ4n) is 2.88. The number of aryl methyl sites for hydroxylation is 1. The summed E-state index contributed by atoms with van der Waals surface area (Å²) in [5.41, 5.74) is -2.81. The molecule has 164 valence electrons. The molecule has 0 radical (unpaired) electrons. The third-order valence-electron chi connectivity index (χ3n) is 4.54. The molecule has 0 aliphatic rings. The van der Waals surface area contributed by atoms with Gasteiger partial charge in [-0.15, -0.1) is 0 Å². The average molecular weight is 437 g/mol. The van der Waals surface area contributed by atoms with Gasteiger partial charge in [-0.2, -0.15) is 13.2 Å². The van der Waals surface area contributed by atoms with Crippen LogP contribution in [0, 0.1) is 5.82 Å². The van der Waals surface area contributed by atoms with Crippen molar-refractivity contribution in [3.8, 4) is 11.5 Å². The molecule has 0 aliphatic carbocycles. The third kappa shape index (κ3) is 5.21. The number of rotatable bonds is 7. The summed E-state index contributed by atoms with van der Waals surface area (Å²) >= 11 is 0. The van der Waals surface area contributed by atoms with E-state index in [1.54, 1.807) is 24.3 Å². The summed E-state index contributed by atoms with van der Waals surface area (Å²) in [4.78, 5) is 15.7. The maximum Gasteiger partial charge on any atom is 0.425 e. The van der Waals surface area contributed by atoms with Crippen molar-refractivity contribution in [2.75, 3.05) is 0 Å². The monoisotopic (exact) mass is 437 g/mol. The van der Waals surface area contributed by atoms with Gasteiger partial charge in [0, 0.05) is 26.0 Å². The van der Waals surface area contributed by atoms with Gasteiger partial charge in [-0.25, -0.2) is 9.37 Å². The molecule has 0 unspecified atom stereocenters. The van der Waals surface area contributed by atoms with Gasteiger partial charge in [0.05, 0.1) is 6.42 Å². The van der Waals surface area contributed by atoms with Crippen molar-refractivity contribution < 1.29 is 32.2 Å². The molecule has 3 rings (SSSR count). The number of benzene rings is 2. The Bertz CT molecular complexity index is 1030. The SMILES string of the molecule is Cn1ccnc1[C@](O)(CC(=O)NCc1ccc(Oc2ccc(F)cc2)cc1)C(F)(F)F. The minimum Gasteiger partial charge on any atom is -0.457 e. The number of hydrogen-bond acceptors (Lipinski definition) is 4. The van der Waals surface area contributed by atoms with Crippen molar-refractivity contribution in [3.05, 3.63) is 78.1 Å². The van der Waals surface area contributed by atoms with Gasteiger partial charge in [0.2, 0.25) is 11.5 Å². The first-order valence-electron chi connectivity index (χ1n) is 9.14. The van der Waals surface area contributed by atoms with Crippen LogP contribution in [0.15, 0.2) is 60.9 Å². The van der Waals surface area contributed by atoms with E-state index in [0.717, 1.165) is 10.8 Å². The van der Waals surface area contributed by atoms with E-state index in [4.69, 9.17) is 4.74 Å². The molecular formula is C21H19F4N3O3. The van der Waals surface area contributed by atoms with Gasteiger partial charge in [-0.1, -0.05) is 12.1 Å². The maximum absolute atomic E-state index is 13.5. The quantitative estimate of drug-likeness (QED) is 0.552. The van der Waals surface area contributed by atoms with Crippen LogP contribution in [0.5, 0.6) is 11.5 Å². The normalized spacial score (nSPS) is 13.5. The molecule has 6 nitrogen and oxygen atoms in total. The molecule has 0 saturated heterocycles. The summed E-state index contributed by atoms with van der Waals surface area (Å²) in [5, 5.41) is 12.6. The summed E-state index contributed by atoms with van der Waals surface area (Å²) in [6.45, 7) is -0.0514. The molecule has 3 aromatic rings. The Morgan fingerprint density at radius 2 is 1.68 bits per heavy atom. The second kappa shape index (κ2) is 8.76. The average Bonchev–Trinajstić information content (AvgIpc) is 3.15. The second-order valence-electron chi connectivity index (χ2n) is 6.87. The lowest BCUT2D eigenvalue weighted by Crippen LogP contribution is -2.47. The predicted octanol–water partition coefficient (Wildman–Crippen LogP) is 3.81. The molecule has 0 saturated carbocycles. The van der Waals surface area contributed by atoms with Crippen LogP contribution in [-0.4, -0.2) is 26.7 Å². The number of hydrogen-bond donors (Lipinski definition) is 2. The minimum absolute atomic E-state index is 0.0514. The van der Waals surface area contributed by atoms with Gasteiger partial charge in [0.1, 0.15) is 17.3 Å². The molecule has 2 aromatic carbocycles. The van der Waals surface area contributed by atoms with Gasteiger partial charge >= 0.3 is 6.18 Å². The molecule has 31 heavy (non-hydrogen) atoms. The Hall–Kier alpha value is -3.40. The van der Waals surface area contributed by atoms with Crippen molar-refractivity contribution >= 4 is 5.91 Å². The van der Waals surface area contributed by atoms with E-state index < -0.39 is 35.7 Å². The summed E-state index contributed by atoms with van der Waals surface area (Å²) in [5.74, 6) is -1.16. The smallest absolute Gasteiger partial charge is 0.425 e. The number of aliphatic hydroxyl groups is 1. The zero-order chi connectivity index (χ0) is 22.6. The molecule has 1 aromatic heterocycles. The Labute approximate surface area is 175 Å². The van der Waals surface area contributed by atoms with Crippen LogP contribution in [0.4, 0.5) is 17.6 Å². The number of carbonyl (C=O) groups is 1. The largest absolute Gasteiger partial charge is 0.457 e. The molecule has 1 atom stereocenters. The van der Waals surface area contributed by atoms with Crippen LogP contribution < -0.4 is 10.1 Å². The number of nitrogens with one attached hydrogen (secondary N) is 1. The number of alkyl halides is 3. The lowest BCUT2D eigenvalue weighted by molar-refractivity contribution is -0.271. The molecule has 10 heteroatoms. The molecule has 1 amide bonds. The number of aromatic nitrogens is 2. The van der Waals surface area contributed by atoms with Crippen molar-refractivity contribution in [2.45, 2.75) is 24.7 Å². The number of nitrogens with zero attached hydrogens (tertiary/aromatic N) is 2. The molecular weight excluding hydrogens is 418 g/mol. The number of ether oxygens (including phenoxy) is 1. The van der Waals surface area contributed by atoms with E-state index in [9.17, 15) is 27.5 Å². The van der Waals surface area contributed by atoms with Gasteiger partial charge in [0.25, 0.3) is 0 Å². The first kappa shape index (κ1) is 22.3. The Morgan fingerprint density at radius 3 is 2.19 bits per heavy atom. The highest BCUT2D eigenvalue weighted by atomic mass is 19.4. The van der Waals surface area contributed by atoms with E-state index >= 15 is 0 Å². The van der Waals surface area contributed by atoms with Crippen molar-refractivity contribution in [1.82, 2.24) is 14.9 Å². The first-order chi connectivity index (χ1) is 14.6. The Morgan fingerprint density at radius 1 is 1.10 bits per heavy atom. The fourth-order valence-corrected chi connectivity index (χ4v) is 2.88. The lowest BCUT2D eigenvalue weighted by Gasteiger charge is -2.29. The zero-order valence-corrected chi connectivity index (χ0v) is 16.4. The maximum atomic E-state index is 13.5. The summed E-state index contributed by atoms with van der Waals surface area (Å²) < 4.78 is 60.0. The van der Waals surface area contributed by atoms with E-state index in [-0.39, 0.29) is 6.54 Å². The first-order valence-corrected chi connectivity index (χ1v) is 9.14. The summed E-state index contributed by atoms with van der Waals surface area (Å²) in [6.07, 6.45) is -3.96. The van der Waals surface area contributed by atoms with Gasteiger partial charge in [-0.3, -0.25) is 4.79 Å². The number of amides is 1. The predicted molar refractivity (Wildman–Crippen MR) is 103 cm³/mol. The highest BCUT2D eigenvalue weighted by molar-refractivity contribution is 5.77. The summed E-state index contributed by atoms with van der Waals surface area (Å²) in [6, 6.07) is 11.9. The Balaban J connectivity index is 1.61. The van der Waals surface area contributed by atoms with Crippen molar-refractivity contribution in [2.24, 2.45) is 7.05 Å². The van der Waals surface area contributed by atoms with Gasteiger partial charge in [0.15, 0.2) is 5.82 Å². The molecule has 0 bridgehead atoms. The lowest BCUT2D eigenvalue weighted by atomic mass is 9.97. The molecule has 1 heterocycles. The highest BCUT2D eigenvalue weighted by Gasteiger charge is 2.58. The van der Waals surface area contributed by atoms with Crippen molar-refractivity contribution in [3.63, 3.8) is 0 Å². The molecule has 0 spiro atoms. The van der Waals surface area contributed by atoms with Crippen LogP contribution >= 0.6 is 0 Å². The van der Waals surface area contributed by atoms with Crippen LogP contribution in [0.2, 0.25) is 0 Å². The minimum atomic E-state index is -5.09. The summed E-state index contributed by atoms with van der Waals surface area (Å²) in [7, 11) is 1.30. The van der Waals surface area contributed by atoms with Crippen LogP contribution in [0.3, 0.4) is 0 Å². The van der Waals surface area contributed by atoms with Crippen LogP contribution in [-0.2, 0) is 24.0 Å². The van der Waals surface area contributed by atoms with Crippen LogP contribution in [0.25, 0.3) is 0 Å². The van der Waals surface area contributed by atoms with Gasteiger partial charge in [-0.05, 0) is 42.0 Å². The zero-order valence-electron chi connectivity index (χ0n) is 16.4. The Kier molecular flexibility index (Phi) is 6.30. The standard InChI is InChI=1S/C21H19F4N3O3/c1-28-11-10-26-19(28)20(30,21(23,24)25)12-18(29)27-13-14-2-6-16(7-3-14)31-17-8-4-15(22)5-9-17/h2-11,30H,12-13H2,1H3,(H,27,29)/t20-/m1/s1. The van der Waals surface area contributed by atoms with Crippen molar-refractivity contribution in [1.29, 1.82) is 0 Å². The second-order valence-corrected chi connectivity index (χ2v) is 6.87. The number of halogens is 4. The number of carbonyl (C=O) groups excluding carboxylic acids is 1. The van der Waals surface area contributed by atoms with E-state index in [2.05, 4.69) is 10.3 Å².